The molecule has 0 amide bonds. The molecule has 0 aliphatic rings. The molecule has 0 aliphatic heterocycles. The van der Waals surface area contributed by atoms with E-state index in [0.717, 1.165) is 11.1 Å². The predicted octanol–water partition coefficient (Wildman–Crippen LogP) is 3.90. The highest BCUT2D eigenvalue weighted by Crippen LogP contribution is 2.24. The smallest absolute Gasteiger partial charge is 0.337 e. The van der Waals surface area contributed by atoms with Crippen molar-refractivity contribution in [2.75, 3.05) is 13.2 Å². The highest BCUT2D eigenvalue weighted by Gasteiger charge is 2.11. The van der Waals surface area contributed by atoms with Gasteiger partial charge in [-0.2, -0.15) is 0 Å². The minimum absolute atomic E-state index is 0.173. The second kappa shape index (κ2) is 10.6. The molecule has 1 heterocycles. The first-order chi connectivity index (χ1) is 14.1. The van der Waals surface area contributed by atoms with Crippen LogP contribution in [0.1, 0.15) is 16.0 Å². The molecular weight excluding hydrogens is 386 g/mol. The number of benzene rings is 2. The lowest BCUT2D eigenvalue weighted by Crippen LogP contribution is -2.31. The Balaban J connectivity index is 1.48. The maximum Gasteiger partial charge on any atom is 0.337 e. The third-order valence-electron chi connectivity index (χ3n) is 4.20. The summed E-state index contributed by atoms with van der Waals surface area (Å²) in [6.07, 6.45) is 1.01. The fourth-order valence-corrected chi connectivity index (χ4v) is 3.46. The molecule has 3 N–H and O–H groups in total. The van der Waals surface area contributed by atoms with Crippen LogP contribution in [0.4, 0.5) is 0 Å². The van der Waals surface area contributed by atoms with E-state index in [1.165, 1.54) is 11.3 Å². The molecule has 6 heteroatoms. The van der Waals surface area contributed by atoms with Crippen LogP contribution in [0.5, 0.6) is 5.75 Å². The molecule has 29 heavy (non-hydrogen) atoms. The molecule has 0 saturated carbocycles. The van der Waals surface area contributed by atoms with Crippen molar-refractivity contribution in [3.05, 3.63) is 88.1 Å². The van der Waals surface area contributed by atoms with Crippen molar-refractivity contribution in [2.45, 2.75) is 12.6 Å². The van der Waals surface area contributed by atoms with Gasteiger partial charge >= 0.3 is 5.97 Å². The van der Waals surface area contributed by atoms with Crippen molar-refractivity contribution < 1.29 is 19.7 Å². The third kappa shape index (κ3) is 6.57. The molecule has 0 aliphatic carbocycles. The average Bonchev–Trinajstić information content (AvgIpc) is 3.26. The molecule has 3 rings (SSSR count). The molecule has 2 aromatic carbocycles. The molecule has 1 unspecified atom stereocenters. The van der Waals surface area contributed by atoms with Crippen LogP contribution in [0, 0.1) is 0 Å². The number of ether oxygens (including phenoxy) is 1. The first kappa shape index (κ1) is 20.8. The molecule has 0 spiro atoms. The summed E-state index contributed by atoms with van der Waals surface area (Å²) in [5, 5.41) is 24.5. The summed E-state index contributed by atoms with van der Waals surface area (Å²) in [4.78, 5) is 12.2. The molecule has 0 fully saturated rings. The zero-order chi connectivity index (χ0) is 20.5. The van der Waals surface area contributed by atoms with Gasteiger partial charge in [-0.05, 0) is 40.8 Å². The van der Waals surface area contributed by atoms with Crippen molar-refractivity contribution in [1.82, 2.24) is 5.32 Å². The van der Waals surface area contributed by atoms with Gasteiger partial charge in [0.2, 0.25) is 0 Å². The number of aliphatic carboxylic acids is 1. The normalized spacial score (nSPS) is 12.5. The lowest BCUT2D eigenvalue weighted by molar-refractivity contribution is -0.130. The van der Waals surface area contributed by atoms with Crippen molar-refractivity contribution in [3.63, 3.8) is 0 Å². The van der Waals surface area contributed by atoms with Crippen LogP contribution in [0.3, 0.4) is 0 Å². The van der Waals surface area contributed by atoms with E-state index in [1.54, 1.807) is 36.4 Å². The van der Waals surface area contributed by atoms with Crippen LogP contribution < -0.4 is 10.1 Å². The van der Waals surface area contributed by atoms with Gasteiger partial charge in [-0.25, -0.2) is 4.79 Å². The first-order valence-electron chi connectivity index (χ1n) is 9.26. The van der Waals surface area contributed by atoms with E-state index >= 15 is 0 Å². The van der Waals surface area contributed by atoms with Gasteiger partial charge in [0.1, 0.15) is 18.5 Å². The van der Waals surface area contributed by atoms with Crippen molar-refractivity contribution in [2.24, 2.45) is 0 Å². The van der Waals surface area contributed by atoms with E-state index in [0.29, 0.717) is 23.7 Å². The lowest BCUT2D eigenvalue weighted by atomic mass is 10.1. The topological polar surface area (TPSA) is 78.8 Å². The van der Waals surface area contributed by atoms with Crippen LogP contribution in [-0.2, 0) is 11.3 Å². The van der Waals surface area contributed by atoms with E-state index in [1.807, 2.05) is 41.8 Å². The zero-order valence-corrected chi connectivity index (χ0v) is 16.6. The van der Waals surface area contributed by atoms with Crippen LogP contribution in [0.2, 0.25) is 0 Å². The number of thiophene rings is 1. The van der Waals surface area contributed by atoms with E-state index in [2.05, 4.69) is 5.32 Å². The summed E-state index contributed by atoms with van der Waals surface area (Å²) in [5.41, 5.74) is 2.19. The fourth-order valence-electron chi connectivity index (χ4n) is 2.73. The Labute approximate surface area is 173 Å². The van der Waals surface area contributed by atoms with Crippen molar-refractivity contribution >= 4 is 29.0 Å². The maximum absolute atomic E-state index is 11.5. The number of hydrogen-bond donors (Lipinski definition) is 3. The quantitative estimate of drug-likeness (QED) is 0.443. The minimum Gasteiger partial charge on any atom is -0.491 e. The summed E-state index contributed by atoms with van der Waals surface area (Å²) in [6.45, 7) is 1.29. The van der Waals surface area contributed by atoms with Gasteiger partial charge in [-0.15, -0.1) is 11.3 Å². The van der Waals surface area contributed by atoms with Crippen LogP contribution in [-0.4, -0.2) is 35.4 Å². The highest BCUT2D eigenvalue weighted by molar-refractivity contribution is 7.11. The Bertz CT molecular complexity index is 921. The number of nitrogens with one attached hydrogen (secondary N) is 1. The second-order valence-corrected chi connectivity index (χ2v) is 7.44. The number of carboxylic acids is 1. The Morgan fingerprint density at radius 3 is 2.48 bits per heavy atom. The van der Waals surface area contributed by atoms with Gasteiger partial charge in [-0.3, -0.25) is 0 Å². The van der Waals surface area contributed by atoms with Crippen LogP contribution in [0.25, 0.3) is 11.6 Å². The summed E-state index contributed by atoms with van der Waals surface area (Å²) in [5.74, 6) is -0.337. The first-order valence-corrected chi connectivity index (χ1v) is 10.1. The van der Waals surface area contributed by atoms with E-state index in [-0.39, 0.29) is 12.2 Å². The Kier molecular flexibility index (Phi) is 7.58. The van der Waals surface area contributed by atoms with E-state index < -0.39 is 12.1 Å². The number of rotatable bonds is 10. The minimum atomic E-state index is -0.959. The third-order valence-corrected chi connectivity index (χ3v) is 5.11. The summed E-state index contributed by atoms with van der Waals surface area (Å²) in [7, 11) is 0. The molecule has 5 nitrogen and oxygen atoms in total. The summed E-state index contributed by atoms with van der Waals surface area (Å²) in [6, 6.07) is 20.7. The molecule has 0 bridgehead atoms. The van der Waals surface area contributed by atoms with Crippen molar-refractivity contribution in [1.29, 1.82) is 0 Å². The molecular formula is C23H23NO4S. The number of aliphatic hydroxyl groups excluding tert-OH is 1. The summed E-state index contributed by atoms with van der Waals surface area (Å²) < 4.78 is 5.63. The molecule has 1 atom stereocenters. The monoisotopic (exact) mass is 409 g/mol. The largest absolute Gasteiger partial charge is 0.491 e. The van der Waals surface area contributed by atoms with Crippen molar-refractivity contribution in [3.8, 4) is 5.75 Å². The zero-order valence-electron chi connectivity index (χ0n) is 15.8. The van der Waals surface area contributed by atoms with Crippen LogP contribution >= 0.6 is 11.3 Å². The number of carboxylic acid groups (broad SMARTS) is 1. The van der Waals surface area contributed by atoms with Gasteiger partial charge in [0, 0.05) is 18.0 Å². The van der Waals surface area contributed by atoms with Gasteiger partial charge < -0.3 is 20.3 Å². The molecule has 1 aromatic heterocycles. The molecule has 3 aromatic rings. The number of carbonyl (C=O) groups is 1. The standard InChI is InChI=1S/C23H23NO4S/c25-19(15-24-14-18-5-2-1-3-6-18)16-28-20-10-8-17(9-11-20)13-21(23(26)27)22-7-4-12-29-22/h1-13,19,24-25H,14-16H2,(H,26,27). The number of hydrogen-bond acceptors (Lipinski definition) is 5. The Morgan fingerprint density at radius 1 is 1.07 bits per heavy atom. The average molecular weight is 410 g/mol. The van der Waals surface area contributed by atoms with E-state index in [9.17, 15) is 15.0 Å². The molecule has 150 valence electrons. The maximum atomic E-state index is 11.5. The lowest BCUT2D eigenvalue weighted by Gasteiger charge is -2.13. The van der Waals surface area contributed by atoms with E-state index in [4.69, 9.17) is 4.74 Å². The van der Waals surface area contributed by atoms with Gasteiger partial charge in [0.15, 0.2) is 0 Å². The fraction of sp³-hybridized carbons (Fsp3) is 0.174. The second-order valence-electron chi connectivity index (χ2n) is 6.49. The van der Waals surface area contributed by atoms with Gasteiger partial charge in [0.25, 0.3) is 0 Å². The van der Waals surface area contributed by atoms with Gasteiger partial charge in [0.05, 0.1) is 5.57 Å². The number of aliphatic hydroxyl groups is 1. The Hall–Kier alpha value is -2.93. The molecule has 0 radical (unpaired) electrons. The van der Waals surface area contributed by atoms with Gasteiger partial charge in [-0.1, -0.05) is 48.5 Å². The van der Waals surface area contributed by atoms with Crippen LogP contribution in [0.15, 0.2) is 72.1 Å². The molecule has 0 saturated heterocycles. The predicted molar refractivity (Wildman–Crippen MR) is 116 cm³/mol. The highest BCUT2D eigenvalue weighted by atomic mass is 32.1. The SMILES string of the molecule is O=C(O)C(=Cc1ccc(OCC(O)CNCc2ccccc2)cc1)c1cccs1. The Morgan fingerprint density at radius 2 is 1.83 bits per heavy atom. The summed E-state index contributed by atoms with van der Waals surface area (Å²) >= 11 is 1.39.